The lowest BCUT2D eigenvalue weighted by Crippen LogP contribution is -2.46. The van der Waals surface area contributed by atoms with Gasteiger partial charge in [0.25, 0.3) is 6.43 Å². The van der Waals surface area contributed by atoms with E-state index in [-0.39, 0.29) is 39.4 Å². The summed E-state index contributed by atoms with van der Waals surface area (Å²) < 4.78 is 72.4. The molecule has 0 saturated carbocycles. The third kappa shape index (κ3) is 3.99. The molecule has 1 aliphatic rings. The summed E-state index contributed by atoms with van der Waals surface area (Å²) in [5.74, 6) is -0.343. The van der Waals surface area contributed by atoms with Crippen molar-refractivity contribution in [2.24, 2.45) is 0 Å². The van der Waals surface area contributed by atoms with Gasteiger partial charge in [0.2, 0.25) is 0 Å². The van der Waals surface area contributed by atoms with Gasteiger partial charge in [-0.3, -0.25) is 4.90 Å². The summed E-state index contributed by atoms with van der Waals surface area (Å²) in [5.41, 5.74) is -3.81. The van der Waals surface area contributed by atoms with Crippen molar-refractivity contribution in [1.29, 1.82) is 0 Å². The van der Waals surface area contributed by atoms with E-state index < -0.39 is 42.3 Å². The highest BCUT2D eigenvalue weighted by atomic mass is 35.5. The molecule has 1 aliphatic heterocycles. The van der Waals surface area contributed by atoms with Gasteiger partial charge in [0, 0.05) is 12.6 Å². The molecule has 5 rings (SSSR count). The van der Waals surface area contributed by atoms with Gasteiger partial charge in [0.05, 0.1) is 53.0 Å². The molecule has 0 radical (unpaired) electrons. The molecule has 38 heavy (non-hydrogen) atoms. The van der Waals surface area contributed by atoms with Crippen LogP contribution in [0, 0.1) is 0 Å². The molecule has 2 atom stereocenters. The van der Waals surface area contributed by atoms with E-state index in [1.54, 1.807) is 0 Å². The lowest BCUT2D eigenvalue weighted by molar-refractivity contribution is -0.181. The summed E-state index contributed by atoms with van der Waals surface area (Å²) in [6.07, 6.45) is -5.68. The van der Waals surface area contributed by atoms with E-state index in [1.807, 2.05) is 0 Å². The Morgan fingerprint density at radius 2 is 1.95 bits per heavy atom. The predicted octanol–water partition coefficient (Wildman–Crippen LogP) is 4.22. The standard InChI is InChI=1S/C21H17ClF5N9O2/c1-9(37)12-7-30-33-35(12)18-11(17(23)24)3-10(5-29-18)31-19(38)34-8-20(2,21(25,26)27)16-13(34)6-28-15-4-14(22)32-36(15)16/h3-7,9,17,37H,8H2,1-2H3,(H,31,38)/t9?,20-/m1/s1. The Bertz CT molecular complexity index is 1550. The first kappa shape index (κ1) is 25.7. The molecule has 0 aromatic carbocycles. The zero-order chi connectivity index (χ0) is 27.6. The van der Waals surface area contributed by atoms with Gasteiger partial charge in [-0.25, -0.2) is 28.1 Å². The minimum absolute atomic E-state index is 0.0533. The molecule has 4 aromatic rings. The Balaban J connectivity index is 1.52. The molecule has 200 valence electrons. The number of nitrogens with one attached hydrogen (secondary N) is 1. The van der Waals surface area contributed by atoms with E-state index >= 15 is 0 Å². The highest BCUT2D eigenvalue weighted by Gasteiger charge is 2.60. The van der Waals surface area contributed by atoms with Crippen LogP contribution in [-0.4, -0.2) is 58.4 Å². The second-order valence-corrected chi connectivity index (χ2v) is 9.15. The van der Waals surface area contributed by atoms with Crippen molar-refractivity contribution in [3.8, 4) is 5.82 Å². The van der Waals surface area contributed by atoms with Crippen LogP contribution in [0.25, 0.3) is 11.5 Å². The largest absolute Gasteiger partial charge is 0.401 e. The van der Waals surface area contributed by atoms with E-state index in [0.29, 0.717) is 0 Å². The number of anilines is 2. The minimum Gasteiger partial charge on any atom is -0.387 e. The monoisotopic (exact) mass is 557 g/mol. The summed E-state index contributed by atoms with van der Waals surface area (Å²) in [6.45, 7) is 1.46. The summed E-state index contributed by atoms with van der Waals surface area (Å²) in [7, 11) is 0. The third-order valence-electron chi connectivity index (χ3n) is 6.18. The van der Waals surface area contributed by atoms with Crippen molar-refractivity contribution in [2.75, 3.05) is 16.8 Å². The van der Waals surface area contributed by atoms with Gasteiger partial charge < -0.3 is 10.4 Å². The van der Waals surface area contributed by atoms with Crippen molar-refractivity contribution >= 4 is 34.7 Å². The number of halogens is 6. The van der Waals surface area contributed by atoms with Crippen LogP contribution in [0.5, 0.6) is 0 Å². The number of aliphatic hydroxyl groups is 1. The van der Waals surface area contributed by atoms with E-state index in [4.69, 9.17) is 11.6 Å². The maximum Gasteiger partial charge on any atom is 0.401 e. The number of pyridine rings is 1. The number of hydrogen-bond acceptors (Lipinski definition) is 7. The first-order valence-corrected chi connectivity index (χ1v) is 11.3. The fraction of sp³-hybridized carbons (Fsp3) is 0.333. The summed E-state index contributed by atoms with van der Waals surface area (Å²) in [5, 5.41) is 23.3. The lowest BCUT2D eigenvalue weighted by Gasteiger charge is -2.28. The molecule has 4 aromatic heterocycles. The predicted molar refractivity (Wildman–Crippen MR) is 123 cm³/mol. The second kappa shape index (κ2) is 8.83. The molecular weight excluding hydrogens is 541 g/mol. The molecule has 11 nitrogen and oxygen atoms in total. The number of carbonyl (C=O) groups is 1. The van der Waals surface area contributed by atoms with Crippen LogP contribution in [0.3, 0.4) is 0 Å². The maximum atomic E-state index is 14.3. The van der Waals surface area contributed by atoms with Gasteiger partial charge in [-0.1, -0.05) is 16.8 Å². The Hall–Kier alpha value is -3.92. The fourth-order valence-electron chi connectivity index (χ4n) is 4.26. The molecule has 0 aliphatic carbocycles. The average Bonchev–Trinajstić information content (AvgIpc) is 3.54. The summed E-state index contributed by atoms with van der Waals surface area (Å²) in [6, 6.07) is 1.14. The van der Waals surface area contributed by atoms with Crippen molar-refractivity contribution in [3.63, 3.8) is 0 Å². The number of aliphatic hydroxyl groups excluding tert-OH is 1. The van der Waals surface area contributed by atoms with Gasteiger partial charge >= 0.3 is 12.2 Å². The number of nitrogens with zero attached hydrogens (tertiary/aromatic N) is 8. The van der Waals surface area contributed by atoms with Crippen LogP contribution in [0.1, 0.15) is 43.3 Å². The summed E-state index contributed by atoms with van der Waals surface area (Å²) in [4.78, 5) is 21.9. The highest BCUT2D eigenvalue weighted by molar-refractivity contribution is 6.29. The third-order valence-corrected chi connectivity index (χ3v) is 6.36. The Morgan fingerprint density at radius 3 is 2.61 bits per heavy atom. The molecule has 2 amide bonds. The van der Waals surface area contributed by atoms with Crippen LogP contribution in [0.2, 0.25) is 5.15 Å². The minimum atomic E-state index is -4.80. The van der Waals surface area contributed by atoms with Gasteiger partial charge in [-0.05, 0) is 19.9 Å². The molecule has 0 fully saturated rings. The number of rotatable bonds is 4. The quantitative estimate of drug-likeness (QED) is 0.360. The smallest absolute Gasteiger partial charge is 0.387 e. The number of amides is 2. The van der Waals surface area contributed by atoms with Crippen molar-refractivity contribution in [1.82, 2.24) is 34.6 Å². The van der Waals surface area contributed by atoms with Crippen molar-refractivity contribution < 1.29 is 31.9 Å². The highest BCUT2D eigenvalue weighted by Crippen LogP contribution is 2.50. The number of carbonyl (C=O) groups excluding carboxylic acids is 1. The molecule has 0 bridgehead atoms. The molecule has 0 saturated heterocycles. The van der Waals surface area contributed by atoms with E-state index in [0.717, 1.165) is 39.5 Å². The number of urea groups is 1. The average molecular weight is 558 g/mol. The molecule has 0 spiro atoms. The fourth-order valence-corrected chi connectivity index (χ4v) is 4.43. The summed E-state index contributed by atoms with van der Waals surface area (Å²) >= 11 is 5.88. The van der Waals surface area contributed by atoms with Gasteiger partial charge in [0.15, 0.2) is 16.6 Å². The van der Waals surface area contributed by atoms with E-state index in [2.05, 4.69) is 30.7 Å². The molecule has 5 heterocycles. The van der Waals surface area contributed by atoms with Gasteiger partial charge in [-0.15, -0.1) is 5.10 Å². The number of hydrogen-bond donors (Lipinski definition) is 2. The van der Waals surface area contributed by atoms with Gasteiger partial charge in [-0.2, -0.15) is 23.0 Å². The van der Waals surface area contributed by atoms with Crippen molar-refractivity contribution in [2.45, 2.75) is 38.0 Å². The molecule has 17 heteroatoms. The number of alkyl halides is 5. The zero-order valence-corrected chi connectivity index (χ0v) is 20.2. The SMILES string of the molecule is CC(O)c1cnnn1-c1ncc(NC(=O)N2C[C@@](C)(C(F)(F)F)c3c2cnc2cc(Cl)nn32)cc1C(F)F. The van der Waals surface area contributed by atoms with Gasteiger partial charge in [0.1, 0.15) is 5.41 Å². The topological polar surface area (TPSA) is 126 Å². The molecule has 2 N–H and O–H groups in total. The Labute approximate surface area is 214 Å². The van der Waals surface area contributed by atoms with E-state index in [9.17, 15) is 31.9 Å². The first-order valence-electron chi connectivity index (χ1n) is 10.9. The van der Waals surface area contributed by atoms with Crippen LogP contribution < -0.4 is 10.2 Å². The zero-order valence-electron chi connectivity index (χ0n) is 19.4. The van der Waals surface area contributed by atoms with E-state index in [1.165, 1.54) is 19.2 Å². The second-order valence-electron chi connectivity index (χ2n) is 8.76. The number of fused-ring (bicyclic) bond motifs is 3. The first-order chi connectivity index (χ1) is 17.8. The molecular formula is C21H17ClF5N9O2. The maximum absolute atomic E-state index is 14.3. The van der Waals surface area contributed by atoms with Crippen LogP contribution in [-0.2, 0) is 5.41 Å². The van der Waals surface area contributed by atoms with Crippen LogP contribution in [0.4, 0.5) is 38.1 Å². The van der Waals surface area contributed by atoms with Crippen LogP contribution >= 0.6 is 11.6 Å². The molecule has 1 unspecified atom stereocenters. The van der Waals surface area contributed by atoms with Crippen molar-refractivity contribution in [3.05, 3.63) is 52.8 Å². The normalized spacial score (nSPS) is 18.3. The Morgan fingerprint density at radius 1 is 1.21 bits per heavy atom. The Kier molecular flexibility index (Phi) is 5.98. The number of aromatic nitrogens is 7. The van der Waals surface area contributed by atoms with Crippen LogP contribution in [0.15, 0.2) is 30.7 Å². The lowest BCUT2D eigenvalue weighted by atomic mass is 9.88.